The largest absolute Gasteiger partial charge is 0.383 e. The molecule has 1 atom stereocenters. The number of pyridine rings is 1. The van der Waals surface area contributed by atoms with Gasteiger partial charge in [-0.05, 0) is 35.6 Å². The molecule has 3 aromatic rings. The highest BCUT2D eigenvalue weighted by molar-refractivity contribution is 6.30. The molecule has 0 saturated heterocycles. The molecule has 0 saturated carbocycles. The first-order valence-corrected chi connectivity index (χ1v) is 9.29. The Bertz CT molecular complexity index is 1180. The molecule has 0 spiro atoms. The van der Waals surface area contributed by atoms with E-state index in [1.165, 1.54) is 17.9 Å². The standard InChI is InChI=1S/C20H18ClN3O4/c1-28-7-6-24-18-17(19(26)23-20(24)27)14-8-12(9-16(25)15(14)10-22-18)11-2-4-13(21)5-3-11/h2-5,10,12H,6-9H2,1H3,(H,23,26,27)/t12-/m0/s1. The number of hydrogen-bond acceptors (Lipinski definition) is 5. The fourth-order valence-electron chi connectivity index (χ4n) is 3.77. The number of aromatic amines is 1. The SMILES string of the molecule is COCCn1c(=O)[nH]c(=O)c2c3c(cnc21)C(=O)C[C@@H](c1ccc(Cl)cc1)C3. The summed E-state index contributed by atoms with van der Waals surface area (Å²) >= 11 is 5.97. The Morgan fingerprint density at radius 3 is 2.68 bits per heavy atom. The number of rotatable bonds is 4. The second-order valence-electron chi connectivity index (χ2n) is 6.83. The summed E-state index contributed by atoms with van der Waals surface area (Å²) in [6.45, 7) is 0.551. The molecule has 0 radical (unpaired) electrons. The number of fused-ring (bicyclic) bond motifs is 3. The normalized spacial score (nSPS) is 16.4. The first-order valence-electron chi connectivity index (χ1n) is 8.92. The molecule has 1 aliphatic carbocycles. The van der Waals surface area contributed by atoms with Gasteiger partial charge in [-0.2, -0.15) is 0 Å². The zero-order valence-corrected chi connectivity index (χ0v) is 16.0. The van der Waals surface area contributed by atoms with Crippen LogP contribution in [0.3, 0.4) is 0 Å². The molecule has 1 aliphatic rings. The minimum absolute atomic E-state index is 0.0651. The number of Topliss-reactive ketones (excluding diaryl/α,β-unsaturated/α-hetero) is 1. The van der Waals surface area contributed by atoms with Gasteiger partial charge >= 0.3 is 5.69 Å². The van der Waals surface area contributed by atoms with Crippen LogP contribution in [0.5, 0.6) is 0 Å². The molecule has 0 amide bonds. The number of benzene rings is 1. The molecule has 2 heterocycles. The van der Waals surface area contributed by atoms with Gasteiger partial charge in [0, 0.05) is 30.3 Å². The number of nitrogens with zero attached hydrogens (tertiary/aromatic N) is 2. The first-order chi connectivity index (χ1) is 13.5. The Morgan fingerprint density at radius 1 is 1.21 bits per heavy atom. The van der Waals surface area contributed by atoms with Gasteiger partial charge in [0.1, 0.15) is 5.65 Å². The Kier molecular flexibility index (Phi) is 4.87. The zero-order valence-electron chi connectivity index (χ0n) is 15.2. The Labute approximate surface area is 164 Å². The van der Waals surface area contributed by atoms with Crippen molar-refractivity contribution in [3.05, 3.63) is 73.0 Å². The third-order valence-electron chi connectivity index (χ3n) is 5.16. The summed E-state index contributed by atoms with van der Waals surface area (Å²) in [5.74, 6) is -0.133. The van der Waals surface area contributed by atoms with Gasteiger partial charge in [0.2, 0.25) is 0 Å². The van der Waals surface area contributed by atoms with Gasteiger partial charge in [0.15, 0.2) is 5.78 Å². The summed E-state index contributed by atoms with van der Waals surface area (Å²) < 4.78 is 6.42. The summed E-state index contributed by atoms with van der Waals surface area (Å²) in [5, 5.41) is 0.916. The van der Waals surface area contributed by atoms with Crippen molar-refractivity contribution in [1.29, 1.82) is 0 Å². The minimum Gasteiger partial charge on any atom is -0.383 e. The molecule has 0 fully saturated rings. The average molecular weight is 400 g/mol. The first kappa shape index (κ1) is 18.6. The van der Waals surface area contributed by atoms with Crippen LogP contribution in [0.4, 0.5) is 0 Å². The molecular formula is C20H18ClN3O4. The van der Waals surface area contributed by atoms with Crippen molar-refractivity contribution in [2.45, 2.75) is 25.3 Å². The van der Waals surface area contributed by atoms with Crippen molar-refractivity contribution >= 4 is 28.4 Å². The molecule has 1 aromatic carbocycles. The predicted octanol–water partition coefficient (Wildman–Crippen LogP) is 2.30. The Hall–Kier alpha value is -2.77. The lowest BCUT2D eigenvalue weighted by Crippen LogP contribution is -2.33. The smallest absolute Gasteiger partial charge is 0.330 e. The highest BCUT2D eigenvalue weighted by atomic mass is 35.5. The van der Waals surface area contributed by atoms with Crippen molar-refractivity contribution in [2.24, 2.45) is 0 Å². The van der Waals surface area contributed by atoms with Gasteiger partial charge in [-0.3, -0.25) is 19.1 Å². The minimum atomic E-state index is -0.543. The van der Waals surface area contributed by atoms with Gasteiger partial charge in [0.05, 0.1) is 18.5 Å². The van der Waals surface area contributed by atoms with Crippen molar-refractivity contribution in [2.75, 3.05) is 13.7 Å². The van der Waals surface area contributed by atoms with Crippen LogP contribution in [-0.4, -0.2) is 34.0 Å². The zero-order chi connectivity index (χ0) is 19.8. The molecule has 1 N–H and O–H groups in total. The fraction of sp³-hybridized carbons (Fsp3) is 0.300. The van der Waals surface area contributed by atoms with Crippen LogP contribution in [-0.2, 0) is 17.7 Å². The van der Waals surface area contributed by atoms with E-state index in [-0.39, 0.29) is 23.9 Å². The van der Waals surface area contributed by atoms with Gasteiger partial charge < -0.3 is 4.74 Å². The third kappa shape index (κ3) is 3.16. The second-order valence-corrected chi connectivity index (χ2v) is 7.27. The van der Waals surface area contributed by atoms with E-state index in [9.17, 15) is 14.4 Å². The van der Waals surface area contributed by atoms with Crippen LogP contribution in [0.25, 0.3) is 11.0 Å². The maximum absolute atomic E-state index is 12.7. The van der Waals surface area contributed by atoms with E-state index in [1.54, 1.807) is 12.1 Å². The molecule has 4 rings (SSSR count). The number of ether oxygens (including phenoxy) is 1. The van der Waals surface area contributed by atoms with Crippen LogP contribution < -0.4 is 11.2 Å². The Morgan fingerprint density at radius 2 is 1.96 bits per heavy atom. The second kappa shape index (κ2) is 7.33. The van der Waals surface area contributed by atoms with Crippen molar-refractivity contribution in [1.82, 2.24) is 14.5 Å². The molecule has 8 heteroatoms. The molecule has 7 nitrogen and oxygen atoms in total. The van der Waals surface area contributed by atoms with Crippen LogP contribution in [0, 0.1) is 0 Å². The molecular weight excluding hydrogens is 382 g/mol. The van der Waals surface area contributed by atoms with E-state index < -0.39 is 11.2 Å². The molecule has 2 aromatic heterocycles. The molecule has 0 bridgehead atoms. The fourth-order valence-corrected chi connectivity index (χ4v) is 3.90. The number of nitrogens with one attached hydrogen (secondary N) is 1. The van der Waals surface area contributed by atoms with Crippen LogP contribution in [0.1, 0.15) is 33.8 Å². The lowest BCUT2D eigenvalue weighted by Gasteiger charge is -2.25. The van der Waals surface area contributed by atoms with E-state index in [1.807, 2.05) is 12.1 Å². The van der Waals surface area contributed by atoms with Crippen LogP contribution in [0.15, 0.2) is 40.1 Å². The summed E-state index contributed by atoms with van der Waals surface area (Å²) in [6.07, 6.45) is 2.32. The lowest BCUT2D eigenvalue weighted by atomic mass is 9.79. The predicted molar refractivity (Wildman–Crippen MR) is 105 cm³/mol. The number of aromatic nitrogens is 3. The van der Waals surface area contributed by atoms with E-state index >= 15 is 0 Å². The highest BCUT2D eigenvalue weighted by Crippen LogP contribution is 2.35. The highest BCUT2D eigenvalue weighted by Gasteiger charge is 2.29. The number of ketones is 1. The molecule has 28 heavy (non-hydrogen) atoms. The number of carbonyl (C=O) groups is 1. The summed E-state index contributed by atoms with van der Waals surface area (Å²) in [6, 6.07) is 7.37. The topological polar surface area (TPSA) is 94.1 Å². The average Bonchev–Trinajstić information content (AvgIpc) is 2.67. The van der Waals surface area contributed by atoms with Gasteiger partial charge in [-0.25, -0.2) is 9.78 Å². The number of hydrogen-bond donors (Lipinski definition) is 1. The van der Waals surface area contributed by atoms with E-state index in [0.717, 1.165) is 5.56 Å². The van der Waals surface area contributed by atoms with Crippen molar-refractivity contribution in [3.63, 3.8) is 0 Å². The number of halogens is 1. The van der Waals surface area contributed by atoms with E-state index in [2.05, 4.69) is 9.97 Å². The molecule has 144 valence electrons. The van der Waals surface area contributed by atoms with Crippen LogP contribution >= 0.6 is 11.6 Å². The van der Waals surface area contributed by atoms with Gasteiger partial charge in [-0.15, -0.1) is 0 Å². The van der Waals surface area contributed by atoms with Crippen molar-refractivity contribution in [3.8, 4) is 0 Å². The number of methoxy groups -OCH3 is 1. The summed E-state index contributed by atoms with van der Waals surface area (Å²) in [4.78, 5) is 44.2. The Balaban J connectivity index is 1.89. The number of H-pyrrole nitrogens is 1. The van der Waals surface area contributed by atoms with E-state index in [0.29, 0.717) is 41.0 Å². The molecule has 0 unspecified atom stereocenters. The quantitative estimate of drug-likeness (QED) is 0.726. The molecule has 0 aliphatic heterocycles. The maximum atomic E-state index is 12.7. The van der Waals surface area contributed by atoms with Gasteiger partial charge in [-0.1, -0.05) is 23.7 Å². The van der Waals surface area contributed by atoms with Crippen molar-refractivity contribution < 1.29 is 9.53 Å². The van der Waals surface area contributed by atoms with Crippen LogP contribution in [0.2, 0.25) is 5.02 Å². The third-order valence-corrected chi connectivity index (χ3v) is 5.41. The summed E-state index contributed by atoms with van der Waals surface area (Å²) in [5.41, 5.74) is 1.27. The maximum Gasteiger partial charge on any atom is 0.330 e. The number of carbonyl (C=O) groups excluding carboxylic acids is 1. The van der Waals surface area contributed by atoms with E-state index in [4.69, 9.17) is 16.3 Å². The van der Waals surface area contributed by atoms with Gasteiger partial charge in [0.25, 0.3) is 5.56 Å². The summed E-state index contributed by atoms with van der Waals surface area (Å²) in [7, 11) is 1.53. The monoisotopic (exact) mass is 399 g/mol. The lowest BCUT2D eigenvalue weighted by molar-refractivity contribution is 0.0964.